The topological polar surface area (TPSA) is 70.2 Å². The van der Waals surface area contributed by atoms with Crippen LogP contribution in [0.5, 0.6) is 0 Å². The maximum Gasteiger partial charge on any atom is 0.243 e. The van der Waals surface area contributed by atoms with Crippen molar-refractivity contribution < 1.29 is 22.8 Å². The Morgan fingerprint density at radius 2 is 1.96 bits per heavy atom. The first-order valence-corrected chi connectivity index (χ1v) is 8.36. The first-order valence-electron chi connectivity index (χ1n) is 8.36. The number of halogens is 4. The molecular formula is C17H21ClF3N3O2. The van der Waals surface area contributed by atoms with Gasteiger partial charge >= 0.3 is 0 Å². The fourth-order valence-corrected chi connectivity index (χ4v) is 3.84. The molecule has 0 aromatic heterocycles. The fraction of sp³-hybridized carbons (Fsp3) is 0.529. The van der Waals surface area contributed by atoms with Crippen LogP contribution in [0.15, 0.2) is 12.1 Å². The van der Waals surface area contributed by atoms with E-state index in [1.807, 2.05) is 0 Å². The van der Waals surface area contributed by atoms with Gasteiger partial charge in [-0.1, -0.05) is 12.8 Å². The third-order valence-electron chi connectivity index (χ3n) is 5.21. The largest absolute Gasteiger partial charge is 0.346 e. The van der Waals surface area contributed by atoms with Crippen LogP contribution in [0.25, 0.3) is 0 Å². The Morgan fingerprint density at radius 1 is 1.19 bits per heavy atom. The number of nitrogens with one attached hydrogen (secondary N) is 3. The number of amides is 2. The van der Waals surface area contributed by atoms with E-state index in [2.05, 4.69) is 16.0 Å². The second-order valence-corrected chi connectivity index (χ2v) is 6.68. The van der Waals surface area contributed by atoms with Gasteiger partial charge in [-0.2, -0.15) is 0 Å². The molecule has 1 aromatic carbocycles. The van der Waals surface area contributed by atoms with Crippen LogP contribution in [0.3, 0.4) is 0 Å². The number of fused-ring (bicyclic) bond motifs is 1. The van der Waals surface area contributed by atoms with E-state index in [-0.39, 0.29) is 30.8 Å². The molecule has 1 saturated carbocycles. The van der Waals surface area contributed by atoms with E-state index >= 15 is 0 Å². The summed E-state index contributed by atoms with van der Waals surface area (Å²) in [7, 11) is 0. The number of benzene rings is 1. The van der Waals surface area contributed by atoms with E-state index in [0.717, 1.165) is 44.4 Å². The average Bonchev–Trinajstić information content (AvgIpc) is 3.05. The fourth-order valence-electron chi connectivity index (χ4n) is 3.84. The quantitative estimate of drug-likeness (QED) is 0.690. The maximum atomic E-state index is 13.6. The molecule has 0 bridgehead atoms. The summed E-state index contributed by atoms with van der Waals surface area (Å²) in [6.07, 6.45) is 3.82. The van der Waals surface area contributed by atoms with Crippen LogP contribution < -0.4 is 16.0 Å². The van der Waals surface area contributed by atoms with Crippen LogP contribution in [0, 0.1) is 28.8 Å². The van der Waals surface area contributed by atoms with Crippen molar-refractivity contribution in [1.29, 1.82) is 0 Å². The van der Waals surface area contributed by atoms with Gasteiger partial charge in [0.05, 0.1) is 17.6 Å². The molecule has 0 unspecified atom stereocenters. The molecule has 1 aliphatic carbocycles. The molecule has 1 aliphatic heterocycles. The molecule has 2 atom stereocenters. The zero-order valence-electron chi connectivity index (χ0n) is 14.0. The number of carbonyl (C=O) groups excluding carboxylic acids is 2. The third kappa shape index (κ3) is 3.81. The predicted octanol–water partition coefficient (Wildman–Crippen LogP) is 2.36. The molecule has 0 radical (unpaired) electrons. The van der Waals surface area contributed by atoms with Gasteiger partial charge in [0.2, 0.25) is 11.8 Å². The Kier molecular flexibility index (Phi) is 6.52. The highest BCUT2D eigenvalue weighted by atomic mass is 35.5. The van der Waals surface area contributed by atoms with Gasteiger partial charge in [-0.05, 0) is 37.4 Å². The van der Waals surface area contributed by atoms with Gasteiger partial charge < -0.3 is 16.0 Å². The highest BCUT2D eigenvalue weighted by molar-refractivity contribution is 5.95. The van der Waals surface area contributed by atoms with Crippen molar-refractivity contribution in [3.8, 4) is 0 Å². The van der Waals surface area contributed by atoms with Crippen LogP contribution in [-0.4, -0.2) is 31.4 Å². The molecule has 144 valence electrons. The Bertz CT molecular complexity index is 704. The minimum absolute atomic E-state index is 0. The Labute approximate surface area is 155 Å². The van der Waals surface area contributed by atoms with Crippen molar-refractivity contribution in [2.45, 2.75) is 25.7 Å². The van der Waals surface area contributed by atoms with Gasteiger partial charge in [-0.15, -0.1) is 12.4 Å². The molecule has 3 rings (SSSR count). The predicted molar refractivity (Wildman–Crippen MR) is 92.5 cm³/mol. The number of anilines is 1. The molecular weight excluding hydrogens is 371 g/mol. The van der Waals surface area contributed by atoms with Gasteiger partial charge in [-0.3, -0.25) is 9.59 Å². The summed E-state index contributed by atoms with van der Waals surface area (Å²) in [6, 6.07) is 1.66. The smallest absolute Gasteiger partial charge is 0.243 e. The highest BCUT2D eigenvalue weighted by Gasteiger charge is 2.49. The normalized spacial score (nSPS) is 24.3. The molecule has 3 N–H and O–H groups in total. The number of rotatable bonds is 4. The number of carbonyl (C=O) groups is 2. The molecule has 2 aliphatic rings. The SMILES string of the molecule is Cl.O=C(CNC(=O)[C@@]12CCCC[C@H]1CNC2)Nc1ccc(F)c(F)c1F. The molecule has 1 heterocycles. The van der Waals surface area contributed by atoms with E-state index in [4.69, 9.17) is 0 Å². The lowest BCUT2D eigenvalue weighted by molar-refractivity contribution is -0.135. The Hall–Kier alpha value is -1.80. The van der Waals surface area contributed by atoms with E-state index in [1.165, 1.54) is 0 Å². The summed E-state index contributed by atoms with van der Waals surface area (Å²) in [5.74, 6) is -5.09. The summed E-state index contributed by atoms with van der Waals surface area (Å²) in [5, 5.41) is 7.99. The van der Waals surface area contributed by atoms with E-state index < -0.39 is 34.5 Å². The highest BCUT2D eigenvalue weighted by Crippen LogP contribution is 2.43. The summed E-state index contributed by atoms with van der Waals surface area (Å²) < 4.78 is 39.6. The minimum Gasteiger partial charge on any atom is -0.346 e. The number of hydrogen-bond acceptors (Lipinski definition) is 3. The van der Waals surface area contributed by atoms with Gasteiger partial charge in [-0.25, -0.2) is 13.2 Å². The first-order chi connectivity index (χ1) is 11.9. The lowest BCUT2D eigenvalue weighted by Gasteiger charge is -2.37. The molecule has 1 saturated heterocycles. The van der Waals surface area contributed by atoms with Crippen LogP contribution in [0.4, 0.5) is 18.9 Å². The van der Waals surface area contributed by atoms with E-state index in [9.17, 15) is 22.8 Å². The summed E-state index contributed by atoms with van der Waals surface area (Å²) in [5.41, 5.74) is -0.958. The Balaban J connectivity index is 0.00000243. The standard InChI is InChI=1S/C17H20F3N3O2.ClH/c18-11-4-5-12(15(20)14(11)19)23-13(24)8-22-16(25)17-6-2-1-3-10(17)7-21-9-17;/h4-5,10,21H,1-3,6-9H2,(H,22,25)(H,23,24);1H/t10-,17+;/m0./s1. The van der Waals surface area contributed by atoms with Gasteiger partial charge in [0.15, 0.2) is 17.5 Å². The third-order valence-corrected chi connectivity index (χ3v) is 5.21. The maximum absolute atomic E-state index is 13.6. The number of hydrogen-bond donors (Lipinski definition) is 3. The van der Waals surface area contributed by atoms with Crippen molar-refractivity contribution in [2.24, 2.45) is 11.3 Å². The van der Waals surface area contributed by atoms with Crippen LogP contribution in [0.2, 0.25) is 0 Å². The Morgan fingerprint density at radius 3 is 2.73 bits per heavy atom. The zero-order chi connectivity index (χ0) is 18.0. The van der Waals surface area contributed by atoms with Crippen molar-refractivity contribution >= 4 is 29.9 Å². The summed E-state index contributed by atoms with van der Waals surface area (Å²) in [4.78, 5) is 24.5. The minimum atomic E-state index is -1.65. The van der Waals surface area contributed by atoms with Gasteiger partial charge in [0, 0.05) is 6.54 Å². The first kappa shape index (κ1) is 20.5. The van der Waals surface area contributed by atoms with Gasteiger partial charge in [0.25, 0.3) is 0 Å². The summed E-state index contributed by atoms with van der Waals surface area (Å²) in [6.45, 7) is 1.02. The molecule has 2 fully saturated rings. The molecule has 5 nitrogen and oxygen atoms in total. The van der Waals surface area contributed by atoms with Gasteiger partial charge in [0.1, 0.15) is 0 Å². The van der Waals surface area contributed by atoms with E-state index in [0.29, 0.717) is 6.54 Å². The van der Waals surface area contributed by atoms with Crippen molar-refractivity contribution in [1.82, 2.24) is 10.6 Å². The molecule has 0 spiro atoms. The molecule has 26 heavy (non-hydrogen) atoms. The second kappa shape index (κ2) is 8.26. The van der Waals surface area contributed by atoms with Crippen LogP contribution in [-0.2, 0) is 9.59 Å². The lowest BCUT2D eigenvalue weighted by Crippen LogP contribution is -2.49. The lowest BCUT2D eigenvalue weighted by atomic mass is 9.67. The monoisotopic (exact) mass is 391 g/mol. The zero-order valence-corrected chi connectivity index (χ0v) is 14.9. The van der Waals surface area contributed by atoms with E-state index in [1.54, 1.807) is 0 Å². The van der Waals surface area contributed by atoms with Crippen molar-refractivity contribution in [3.63, 3.8) is 0 Å². The average molecular weight is 392 g/mol. The van der Waals surface area contributed by atoms with Crippen molar-refractivity contribution in [3.05, 3.63) is 29.6 Å². The molecule has 2 amide bonds. The van der Waals surface area contributed by atoms with Crippen LogP contribution >= 0.6 is 12.4 Å². The summed E-state index contributed by atoms with van der Waals surface area (Å²) >= 11 is 0. The van der Waals surface area contributed by atoms with Crippen LogP contribution in [0.1, 0.15) is 25.7 Å². The molecule has 9 heteroatoms. The molecule has 1 aromatic rings. The second-order valence-electron chi connectivity index (χ2n) is 6.68. The van der Waals surface area contributed by atoms with Crippen molar-refractivity contribution in [2.75, 3.05) is 25.0 Å².